The van der Waals surface area contributed by atoms with E-state index in [9.17, 15) is 14.7 Å². The summed E-state index contributed by atoms with van der Waals surface area (Å²) < 4.78 is 2.12. The fraction of sp³-hybridized carbons (Fsp3) is 0.625. The number of likely N-dealkylation sites (N-methyl/N-ethyl adjacent to an activating group) is 1. The minimum Gasteiger partial charge on any atom is -0.391 e. The molecule has 9 nitrogen and oxygen atoms in total. The number of hydrogen-bond acceptors (Lipinski definition) is 6. The zero-order valence-corrected chi connectivity index (χ0v) is 19.5. The van der Waals surface area contributed by atoms with Crippen molar-refractivity contribution in [3.05, 3.63) is 30.1 Å². The van der Waals surface area contributed by atoms with Crippen LogP contribution in [0.25, 0.3) is 11.0 Å². The Hall–Kier alpha value is -2.49. The maximum absolute atomic E-state index is 13.1. The molecule has 178 valence electrons. The molecule has 5 rings (SSSR count). The molecule has 4 atom stereocenters. The average Bonchev–Trinajstić information content (AvgIpc) is 3.49. The van der Waals surface area contributed by atoms with E-state index >= 15 is 0 Å². The van der Waals surface area contributed by atoms with Gasteiger partial charge >= 0.3 is 0 Å². The summed E-state index contributed by atoms with van der Waals surface area (Å²) in [7, 11) is 4.12. The van der Waals surface area contributed by atoms with Crippen molar-refractivity contribution >= 4 is 22.8 Å². The second-order valence-corrected chi connectivity index (χ2v) is 9.73. The number of aliphatic hydroxyl groups excluding tert-OH is 1. The van der Waals surface area contributed by atoms with Crippen LogP contribution in [0.3, 0.4) is 0 Å². The predicted molar refractivity (Wildman–Crippen MR) is 124 cm³/mol. The highest BCUT2D eigenvalue weighted by molar-refractivity contribution is 5.83. The van der Waals surface area contributed by atoms with Gasteiger partial charge in [-0.15, -0.1) is 0 Å². The van der Waals surface area contributed by atoms with Gasteiger partial charge in [0.1, 0.15) is 11.9 Å². The molecule has 2 amide bonds. The molecule has 1 aromatic carbocycles. The lowest BCUT2D eigenvalue weighted by atomic mass is 10.0. The number of rotatable bonds is 5. The maximum Gasteiger partial charge on any atom is 0.239 e. The summed E-state index contributed by atoms with van der Waals surface area (Å²) in [6.45, 7) is 3.11. The third kappa shape index (κ3) is 4.25. The van der Waals surface area contributed by atoms with E-state index < -0.39 is 6.10 Å². The number of aryl methyl sites for hydroxylation is 1. The first-order valence-corrected chi connectivity index (χ1v) is 12.0. The summed E-state index contributed by atoms with van der Waals surface area (Å²) in [6.07, 6.45) is 2.34. The number of carbonyl (C=O) groups excluding carboxylic acids is 2. The molecule has 0 spiro atoms. The van der Waals surface area contributed by atoms with Crippen molar-refractivity contribution in [3.8, 4) is 0 Å². The normalized spacial score (nSPS) is 28.8. The van der Waals surface area contributed by atoms with Gasteiger partial charge < -0.3 is 19.9 Å². The summed E-state index contributed by atoms with van der Waals surface area (Å²) in [5.74, 6) is 1.13. The number of aromatic nitrogens is 2. The number of hydrogen-bond donors (Lipinski definition) is 2. The first-order chi connectivity index (χ1) is 15.9. The third-order valence-corrected chi connectivity index (χ3v) is 7.78. The Kier molecular flexibility index (Phi) is 6.11. The largest absolute Gasteiger partial charge is 0.391 e. The lowest BCUT2D eigenvalue weighted by molar-refractivity contribution is -0.131. The number of carbonyl (C=O) groups is 2. The van der Waals surface area contributed by atoms with Crippen LogP contribution in [-0.4, -0.2) is 98.6 Å². The molecule has 4 heterocycles. The Morgan fingerprint density at radius 2 is 2.03 bits per heavy atom. The molecule has 3 saturated heterocycles. The molecule has 2 N–H and O–H groups in total. The van der Waals surface area contributed by atoms with Gasteiger partial charge in [0.15, 0.2) is 0 Å². The molecule has 3 aliphatic heterocycles. The summed E-state index contributed by atoms with van der Waals surface area (Å²) in [4.78, 5) is 36.8. The Balaban J connectivity index is 1.25. The Labute approximate surface area is 194 Å². The lowest BCUT2D eigenvalue weighted by Gasteiger charge is -2.33. The predicted octanol–water partition coefficient (Wildman–Crippen LogP) is 0.320. The van der Waals surface area contributed by atoms with Gasteiger partial charge in [-0.2, -0.15) is 0 Å². The van der Waals surface area contributed by atoms with E-state index in [0.29, 0.717) is 45.4 Å². The zero-order chi connectivity index (χ0) is 23.1. The molecule has 1 aromatic heterocycles. The Bertz CT molecular complexity index is 1040. The first kappa shape index (κ1) is 22.3. The summed E-state index contributed by atoms with van der Waals surface area (Å²) in [5, 5.41) is 12.8. The van der Waals surface area contributed by atoms with Crippen LogP contribution in [0.1, 0.15) is 31.5 Å². The van der Waals surface area contributed by atoms with E-state index in [0.717, 1.165) is 29.8 Å². The molecule has 3 fully saturated rings. The Morgan fingerprint density at radius 3 is 2.79 bits per heavy atom. The smallest absolute Gasteiger partial charge is 0.239 e. The van der Waals surface area contributed by atoms with E-state index in [1.165, 1.54) is 0 Å². The van der Waals surface area contributed by atoms with Crippen molar-refractivity contribution in [2.45, 2.75) is 56.5 Å². The number of benzene rings is 1. The number of nitrogens with one attached hydrogen (secondary N) is 1. The molecule has 2 aromatic rings. The molecule has 4 unspecified atom stereocenters. The standard InChI is InChI=1S/C24H34N6O3/c1-27-16(7-8-22(32)29-11-9-17(31)14-29)13-25-24(33)23-20(27)10-12-30(23)15-21-26-18-5-3-4-6-19(18)28(21)2/h3-6,16-17,20,23,31H,7-15H2,1-2H3,(H,25,33). The number of para-hydroxylation sites is 2. The lowest BCUT2D eigenvalue weighted by Crippen LogP contribution is -2.49. The van der Waals surface area contributed by atoms with Gasteiger partial charge in [0, 0.05) is 51.7 Å². The zero-order valence-electron chi connectivity index (χ0n) is 19.5. The number of likely N-dealkylation sites (tertiary alicyclic amines) is 2. The van der Waals surface area contributed by atoms with Gasteiger partial charge in [0.05, 0.1) is 23.7 Å². The van der Waals surface area contributed by atoms with Gasteiger partial charge in [-0.05, 0) is 38.4 Å². The summed E-state index contributed by atoms with van der Waals surface area (Å²) in [5.41, 5.74) is 2.07. The molecule has 33 heavy (non-hydrogen) atoms. The van der Waals surface area contributed by atoms with Crippen molar-refractivity contribution in [2.24, 2.45) is 7.05 Å². The van der Waals surface area contributed by atoms with Gasteiger partial charge in [0.25, 0.3) is 0 Å². The van der Waals surface area contributed by atoms with Crippen molar-refractivity contribution in [2.75, 3.05) is 33.2 Å². The molecule has 9 heteroatoms. The van der Waals surface area contributed by atoms with Crippen molar-refractivity contribution in [3.63, 3.8) is 0 Å². The van der Waals surface area contributed by atoms with Crippen LogP contribution in [0.2, 0.25) is 0 Å². The van der Waals surface area contributed by atoms with Gasteiger partial charge in [-0.3, -0.25) is 19.4 Å². The number of nitrogens with zero attached hydrogens (tertiary/aromatic N) is 5. The van der Waals surface area contributed by atoms with Gasteiger partial charge in [0.2, 0.25) is 11.8 Å². The molecule has 0 aliphatic carbocycles. The quantitative estimate of drug-likeness (QED) is 0.676. The van der Waals surface area contributed by atoms with E-state index in [-0.39, 0.29) is 29.9 Å². The SMILES string of the molecule is CN1C(CCC(=O)N2CCC(O)C2)CNC(=O)C2C1CCN2Cc1nc2ccccc2n1C. The van der Waals surface area contributed by atoms with Crippen LogP contribution >= 0.6 is 0 Å². The van der Waals surface area contributed by atoms with Crippen LogP contribution in [0.5, 0.6) is 0 Å². The number of amides is 2. The van der Waals surface area contributed by atoms with Crippen LogP contribution in [-0.2, 0) is 23.2 Å². The number of aliphatic hydroxyl groups is 1. The topological polar surface area (TPSA) is 93.9 Å². The van der Waals surface area contributed by atoms with Crippen molar-refractivity contribution < 1.29 is 14.7 Å². The van der Waals surface area contributed by atoms with Gasteiger partial charge in [-0.1, -0.05) is 12.1 Å². The van der Waals surface area contributed by atoms with E-state index in [1.54, 1.807) is 4.90 Å². The molecule has 0 radical (unpaired) electrons. The maximum atomic E-state index is 13.1. The monoisotopic (exact) mass is 454 g/mol. The fourth-order valence-corrected chi connectivity index (χ4v) is 5.76. The second kappa shape index (κ2) is 9.04. The van der Waals surface area contributed by atoms with Crippen LogP contribution in [0.15, 0.2) is 24.3 Å². The first-order valence-electron chi connectivity index (χ1n) is 12.0. The minimum atomic E-state index is -0.393. The Morgan fingerprint density at radius 1 is 1.21 bits per heavy atom. The van der Waals surface area contributed by atoms with Crippen LogP contribution in [0.4, 0.5) is 0 Å². The van der Waals surface area contributed by atoms with E-state index in [2.05, 4.69) is 32.8 Å². The highest BCUT2D eigenvalue weighted by Crippen LogP contribution is 2.29. The highest BCUT2D eigenvalue weighted by Gasteiger charge is 2.45. The molecular formula is C24H34N6O3. The van der Waals surface area contributed by atoms with E-state index in [4.69, 9.17) is 4.98 Å². The summed E-state index contributed by atoms with van der Waals surface area (Å²) in [6, 6.07) is 8.13. The highest BCUT2D eigenvalue weighted by atomic mass is 16.3. The molecular weight excluding hydrogens is 420 g/mol. The minimum absolute atomic E-state index is 0.0691. The molecule has 0 bridgehead atoms. The second-order valence-electron chi connectivity index (χ2n) is 9.73. The average molecular weight is 455 g/mol. The fourth-order valence-electron chi connectivity index (χ4n) is 5.76. The number of fused-ring (bicyclic) bond motifs is 2. The summed E-state index contributed by atoms with van der Waals surface area (Å²) >= 11 is 0. The van der Waals surface area contributed by atoms with Crippen molar-refractivity contribution in [1.82, 2.24) is 29.6 Å². The number of imidazole rings is 1. The third-order valence-electron chi connectivity index (χ3n) is 7.78. The van der Waals surface area contributed by atoms with Crippen LogP contribution in [0, 0.1) is 0 Å². The van der Waals surface area contributed by atoms with Gasteiger partial charge in [-0.25, -0.2) is 4.98 Å². The van der Waals surface area contributed by atoms with Crippen LogP contribution < -0.4 is 5.32 Å². The van der Waals surface area contributed by atoms with Crippen molar-refractivity contribution in [1.29, 1.82) is 0 Å². The molecule has 3 aliphatic rings. The van der Waals surface area contributed by atoms with E-state index in [1.807, 2.05) is 25.2 Å². The molecule has 0 saturated carbocycles. The number of β-amino-alcohol motifs (C(OH)–C–C–N with tert-alkyl or cyclic N) is 1.